The van der Waals surface area contributed by atoms with E-state index in [0.717, 1.165) is 38.2 Å². The van der Waals surface area contributed by atoms with Crippen LogP contribution in [0.1, 0.15) is 0 Å². The van der Waals surface area contributed by atoms with E-state index in [2.05, 4.69) is 179 Å². The van der Waals surface area contributed by atoms with Crippen molar-refractivity contribution in [1.29, 1.82) is 0 Å². The Kier molecular flexibility index (Phi) is 8.19. The van der Waals surface area contributed by atoms with E-state index in [-0.39, 0.29) is 0 Å². The zero-order valence-electron chi connectivity index (χ0n) is 33.6. The van der Waals surface area contributed by atoms with Gasteiger partial charge in [-0.2, -0.15) is 0 Å². The first-order valence-corrected chi connectivity index (χ1v) is 22.6. The summed E-state index contributed by atoms with van der Waals surface area (Å²) in [5, 5.41) is 7.33. The fourth-order valence-electron chi connectivity index (χ4n) is 9.18. The van der Waals surface area contributed by atoms with Gasteiger partial charge >= 0.3 is 0 Å². The summed E-state index contributed by atoms with van der Waals surface area (Å²) in [7, 11) is 0. The number of hydrogen-bond acceptors (Lipinski definition) is 6. The van der Waals surface area contributed by atoms with Gasteiger partial charge in [-0.25, -0.2) is 15.0 Å². The fourth-order valence-corrected chi connectivity index (χ4v) is 11.6. The number of nitrogens with zero attached hydrogens (tertiary/aromatic N) is 5. The number of pyridine rings is 1. The van der Waals surface area contributed by atoms with Crippen molar-refractivity contribution in [3.8, 4) is 62.1 Å². The minimum absolute atomic E-state index is 0.634. The second kappa shape index (κ2) is 14.4. The minimum atomic E-state index is 0.634. The van der Waals surface area contributed by atoms with Gasteiger partial charge in [0.25, 0.3) is 0 Å². The van der Waals surface area contributed by atoms with Crippen LogP contribution >= 0.6 is 22.7 Å². The number of benzene rings is 8. The van der Waals surface area contributed by atoms with Crippen LogP contribution in [0.5, 0.6) is 0 Å². The van der Waals surface area contributed by atoms with E-state index in [1.165, 1.54) is 68.6 Å². The monoisotopic (exact) mass is 839 g/mol. The van der Waals surface area contributed by atoms with Crippen molar-refractivity contribution in [1.82, 2.24) is 24.5 Å². The highest BCUT2D eigenvalue weighted by Gasteiger charge is 2.20. The lowest BCUT2D eigenvalue weighted by atomic mass is 10.00. The molecule has 5 aromatic heterocycles. The molecule has 0 atom stereocenters. The molecule has 0 spiro atoms. The Morgan fingerprint density at radius 1 is 0.349 bits per heavy atom. The number of para-hydroxylation sites is 1. The molecule has 7 heteroatoms. The first-order valence-electron chi connectivity index (χ1n) is 20.9. The maximum Gasteiger partial charge on any atom is 0.165 e. The Morgan fingerprint density at radius 2 is 0.952 bits per heavy atom. The van der Waals surface area contributed by atoms with Crippen LogP contribution in [0.15, 0.2) is 200 Å². The predicted molar refractivity (Wildman–Crippen MR) is 265 cm³/mol. The molecule has 0 fully saturated rings. The molecule has 0 aliphatic carbocycles. The summed E-state index contributed by atoms with van der Waals surface area (Å²) in [5.74, 6) is 1.94. The third-order valence-electron chi connectivity index (χ3n) is 12.2. The lowest BCUT2D eigenvalue weighted by Gasteiger charge is -2.13. The molecule has 0 aliphatic heterocycles. The second-order valence-corrected chi connectivity index (χ2v) is 17.9. The fraction of sp³-hybridized carbons (Fsp3) is 0. The van der Waals surface area contributed by atoms with Crippen LogP contribution in [0.4, 0.5) is 0 Å². The standard InChI is InChI=1S/C56H33N5S2/c1-3-12-34(13-4-1)38-26-27-41-40-16-7-9-20-48(40)61(49(41)30-38)39-31-46(53-47(32-39)43-28-29-57-33-51(43)63-53)35-22-24-37(25-23-35)55-58-54(36-14-5-2-6-15-36)59-56(60-55)45-19-11-18-44-42-17-8-10-21-50(42)62-52(44)45/h1-33H. The third-order valence-corrected chi connectivity index (χ3v) is 14.6. The smallest absolute Gasteiger partial charge is 0.165 e. The van der Waals surface area contributed by atoms with E-state index in [0.29, 0.717) is 17.5 Å². The normalized spacial score (nSPS) is 11.8. The molecule has 0 amide bonds. The van der Waals surface area contributed by atoms with Crippen molar-refractivity contribution in [2.75, 3.05) is 0 Å². The molecule has 8 aromatic carbocycles. The molecule has 5 nitrogen and oxygen atoms in total. The van der Waals surface area contributed by atoms with E-state index in [1.54, 1.807) is 22.7 Å². The van der Waals surface area contributed by atoms with Gasteiger partial charge < -0.3 is 4.57 Å². The highest BCUT2D eigenvalue weighted by Crippen LogP contribution is 2.44. The van der Waals surface area contributed by atoms with Gasteiger partial charge in [0.15, 0.2) is 17.5 Å². The van der Waals surface area contributed by atoms with Crippen molar-refractivity contribution in [2.45, 2.75) is 0 Å². The third kappa shape index (κ3) is 5.89. The van der Waals surface area contributed by atoms with E-state index >= 15 is 0 Å². The van der Waals surface area contributed by atoms with E-state index in [9.17, 15) is 0 Å². The predicted octanol–water partition coefficient (Wildman–Crippen LogP) is 15.4. The summed E-state index contributed by atoms with van der Waals surface area (Å²) >= 11 is 3.58. The van der Waals surface area contributed by atoms with Gasteiger partial charge in [0.1, 0.15) is 0 Å². The Bertz CT molecular complexity index is 3910. The van der Waals surface area contributed by atoms with Crippen molar-refractivity contribution in [3.63, 3.8) is 0 Å². The van der Waals surface area contributed by atoms with Crippen molar-refractivity contribution in [2.24, 2.45) is 0 Å². The molecule has 13 aromatic rings. The molecule has 0 saturated carbocycles. The van der Waals surface area contributed by atoms with E-state index in [1.807, 2.05) is 30.6 Å². The molecule has 0 unspecified atom stereocenters. The highest BCUT2D eigenvalue weighted by molar-refractivity contribution is 7.26. The van der Waals surface area contributed by atoms with Gasteiger partial charge in [-0.3, -0.25) is 4.98 Å². The van der Waals surface area contributed by atoms with Crippen molar-refractivity contribution < 1.29 is 0 Å². The summed E-state index contributed by atoms with van der Waals surface area (Å²) in [6, 6.07) is 67.1. The van der Waals surface area contributed by atoms with Crippen LogP contribution in [0.25, 0.3) is 124 Å². The summed E-state index contributed by atoms with van der Waals surface area (Å²) in [4.78, 5) is 20.0. The molecule has 0 N–H and O–H groups in total. The minimum Gasteiger partial charge on any atom is -0.309 e. The number of hydrogen-bond donors (Lipinski definition) is 0. The van der Waals surface area contributed by atoms with Crippen molar-refractivity contribution in [3.05, 3.63) is 200 Å². The average Bonchev–Trinajstić information content (AvgIpc) is 4.04. The summed E-state index contributed by atoms with van der Waals surface area (Å²) in [6.07, 6.45) is 3.89. The van der Waals surface area contributed by atoms with Crippen molar-refractivity contribution >= 4 is 84.8 Å². The lowest BCUT2D eigenvalue weighted by molar-refractivity contribution is 1.08. The quantitative estimate of drug-likeness (QED) is 0.167. The SMILES string of the molecule is c1ccc(-c2ccc3c4ccccc4n(-c4cc(-c5ccc(-c6nc(-c7ccccc7)nc(-c7cccc8c7sc7ccccc78)n6)cc5)c5sc6cnccc6c5c4)c3c2)cc1. The van der Waals surface area contributed by atoms with Gasteiger partial charge in [-0.1, -0.05) is 146 Å². The van der Waals surface area contributed by atoms with Gasteiger partial charge in [0, 0.05) is 86.8 Å². The van der Waals surface area contributed by atoms with Crippen LogP contribution in [0, 0.1) is 0 Å². The first-order chi connectivity index (χ1) is 31.2. The molecular weight excluding hydrogens is 807 g/mol. The van der Waals surface area contributed by atoms with Crippen LogP contribution in [0.3, 0.4) is 0 Å². The van der Waals surface area contributed by atoms with E-state index in [4.69, 9.17) is 15.0 Å². The Labute approximate surface area is 369 Å². The Morgan fingerprint density at radius 3 is 1.78 bits per heavy atom. The molecule has 5 heterocycles. The average molecular weight is 840 g/mol. The van der Waals surface area contributed by atoms with Crippen LogP contribution in [0.2, 0.25) is 0 Å². The highest BCUT2D eigenvalue weighted by atomic mass is 32.1. The number of thiophene rings is 2. The number of aromatic nitrogens is 5. The maximum absolute atomic E-state index is 5.21. The Balaban J connectivity index is 0.990. The van der Waals surface area contributed by atoms with Crippen LogP contribution in [-0.2, 0) is 0 Å². The molecular formula is C56H33N5S2. The molecule has 0 bridgehead atoms. The zero-order chi connectivity index (χ0) is 41.4. The van der Waals surface area contributed by atoms with Gasteiger partial charge in [-0.05, 0) is 59.2 Å². The molecule has 63 heavy (non-hydrogen) atoms. The second-order valence-electron chi connectivity index (χ2n) is 15.8. The largest absolute Gasteiger partial charge is 0.309 e. The van der Waals surface area contributed by atoms with Gasteiger partial charge in [-0.15, -0.1) is 22.7 Å². The molecule has 0 aliphatic rings. The van der Waals surface area contributed by atoms with Crippen LogP contribution < -0.4 is 0 Å². The van der Waals surface area contributed by atoms with Crippen LogP contribution in [-0.4, -0.2) is 24.5 Å². The molecule has 0 saturated heterocycles. The molecule has 0 radical (unpaired) electrons. The first kappa shape index (κ1) is 35.9. The number of rotatable bonds is 6. The summed E-state index contributed by atoms with van der Waals surface area (Å²) < 4.78 is 7.25. The van der Waals surface area contributed by atoms with Gasteiger partial charge in [0.2, 0.25) is 0 Å². The zero-order valence-corrected chi connectivity index (χ0v) is 35.2. The van der Waals surface area contributed by atoms with Gasteiger partial charge in [0.05, 0.1) is 15.7 Å². The lowest BCUT2D eigenvalue weighted by Crippen LogP contribution is -2.00. The topological polar surface area (TPSA) is 56.5 Å². The molecule has 13 rings (SSSR count). The maximum atomic E-state index is 5.21. The van der Waals surface area contributed by atoms with E-state index < -0.39 is 0 Å². The Hall–Kier alpha value is -7.84. The number of fused-ring (bicyclic) bond motifs is 9. The summed E-state index contributed by atoms with van der Waals surface area (Å²) in [6.45, 7) is 0. The molecule has 294 valence electrons. The summed E-state index contributed by atoms with van der Waals surface area (Å²) in [5.41, 5.74) is 11.0.